The van der Waals surface area contributed by atoms with Crippen LogP contribution in [-0.4, -0.2) is 34.8 Å². The Kier molecular flexibility index (Phi) is 8.14. The minimum absolute atomic E-state index is 0.146. The van der Waals surface area contributed by atoms with Gasteiger partial charge in [-0.15, -0.1) is 0 Å². The molecule has 0 aliphatic heterocycles. The van der Waals surface area contributed by atoms with Crippen LogP contribution in [0.5, 0.6) is 17.2 Å². The zero-order valence-corrected chi connectivity index (χ0v) is 17.7. The second kappa shape index (κ2) is 10.3. The number of hydrogen-bond acceptors (Lipinski definition) is 5. The van der Waals surface area contributed by atoms with E-state index < -0.39 is 10.0 Å². The van der Waals surface area contributed by atoms with Gasteiger partial charge in [-0.2, -0.15) is 0 Å². The maximum absolute atomic E-state index is 12.8. The smallest absolute Gasteiger partial charge is 0.244 e. The molecule has 1 N–H and O–H groups in total. The Morgan fingerprint density at radius 3 is 2.07 bits per heavy atom. The molecule has 0 fully saturated rings. The number of nitrogens with one attached hydrogen (secondary N) is 1. The van der Waals surface area contributed by atoms with Crippen LogP contribution in [-0.2, 0) is 10.0 Å². The van der Waals surface area contributed by atoms with Gasteiger partial charge in [0.1, 0.15) is 28.8 Å². The van der Waals surface area contributed by atoms with E-state index in [0.717, 1.165) is 11.3 Å². The molecular formula is C21H29NO5S. The van der Waals surface area contributed by atoms with Crippen LogP contribution in [0.1, 0.15) is 39.2 Å². The van der Waals surface area contributed by atoms with E-state index in [1.807, 2.05) is 45.9 Å². The van der Waals surface area contributed by atoms with E-state index in [4.69, 9.17) is 14.2 Å². The molecule has 0 saturated heterocycles. The van der Waals surface area contributed by atoms with Crippen LogP contribution in [0, 0.1) is 0 Å². The maximum atomic E-state index is 12.8. The highest BCUT2D eigenvalue weighted by Crippen LogP contribution is 2.28. The Morgan fingerprint density at radius 2 is 1.50 bits per heavy atom. The Hall–Kier alpha value is -2.25. The first-order valence-electron chi connectivity index (χ1n) is 9.49. The van der Waals surface area contributed by atoms with Gasteiger partial charge in [0.15, 0.2) is 0 Å². The van der Waals surface area contributed by atoms with Crippen LogP contribution in [0.2, 0.25) is 0 Å². The molecule has 2 aromatic rings. The summed E-state index contributed by atoms with van der Waals surface area (Å²) in [4.78, 5) is 0.154. The van der Waals surface area contributed by atoms with Crippen LogP contribution in [0.25, 0.3) is 0 Å². The molecule has 0 atom stereocenters. The molecule has 0 spiro atoms. The summed E-state index contributed by atoms with van der Waals surface area (Å²) >= 11 is 0. The molecule has 0 bridgehead atoms. The lowest BCUT2D eigenvalue weighted by Gasteiger charge is -2.15. The minimum Gasteiger partial charge on any atom is -0.494 e. The van der Waals surface area contributed by atoms with Gasteiger partial charge in [0, 0.05) is 6.54 Å². The van der Waals surface area contributed by atoms with Crippen LogP contribution in [0.4, 0.5) is 0 Å². The van der Waals surface area contributed by atoms with Gasteiger partial charge < -0.3 is 14.2 Å². The molecule has 0 heterocycles. The predicted molar refractivity (Wildman–Crippen MR) is 110 cm³/mol. The first kappa shape index (κ1) is 22.0. The monoisotopic (exact) mass is 407 g/mol. The fraction of sp³-hybridized carbons (Fsp3) is 0.429. The SMILES string of the molecule is CCOc1ccc(OCCNS(=O)(=O)c2cc(C(C)C)ccc2OCC)cc1. The third kappa shape index (κ3) is 6.14. The molecule has 0 aromatic heterocycles. The number of benzene rings is 2. The summed E-state index contributed by atoms with van der Waals surface area (Å²) in [5.74, 6) is 1.99. The van der Waals surface area contributed by atoms with E-state index in [0.29, 0.717) is 24.7 Å². The molecule has 0 radical (unpaired) electrons. The molecule has 7 heteroatoms. The fourth-order valence-electron chi connectivity index (χ4n) is 2.59. The van der Waals surface area contributed by atoms with E-state index >= 15 is 0 Å². The standard InChI is InChI=1S/C21H29NO5S/c1-5-25-18-8-10-19(11-9-18)27-14-13-22-28(23,24)21-15-17(16(3)4)7-12-20(21)26-6-2/h7-12,15-16,22H,5-6,13-14H2,1-4H3. The summed E-state index contributed by atoms with van der Waals surface area (Å²) in [7, 11) is -3.71. The summed E-state index contributed by atoms with van der Waals surface area (Å²) in [6.07, 6.45) is 0. The first-order chi connectivity index (χ1) is 13.4. The van der Waals surface area contributed by atoms with Crippen molar-refractivity contribution >= 4 is 10.0 Å². The fourth-order valence-corrected chi connectivity index (χ4v) is 3.78. The minimum atomic E-state index is -3.71. The Balaban J connectivity index is 2.00. The van der Waals surface area contributed by atoms with Gasteiger partial charge in [0.05, 0.1) is 13.2 Å². The molecule has 2 rings (SSSR count). The summed E-state index contributed by atoms with van der Waals surface area (Å²) in [5.41, 5.74) is 0.939. The zero-order valence-electron chi connectivity index (χ0n) is 16.9. The van der Waals surface area contributed by atoms with Crippen molar-refractivity contribution < 1.29 is 22.6 Å². The molecule has 0 saturated carbocycles. The molecule has 0 aliphatic carbocycles. The number of sulfonamides is 1. The molecule has 154 valence electrons. The van der Waals surface area contributed by atoms with Gasteiger partial charge in [0.2, 0.25) is 10.0 Å². The van der Waals surface area contributed by atoms with Crippen molar-refractivity contribution in [1.82, 2.24) is 4.72 Å². The quantitative estimate of drug-likeness (QED) is 0.571. The number of rotatable bonds is 11. The predicted octanol–water partition coefficient (Wildman–Crippen LogP) is 3.96. The highest BCUT2D eigenvalue weighted by molar-refractivity contribution is 7.89. The average Bonchev–Trinajstić information content (AvgIpc) is 2.67. The normalized spacial score (nSPS) is 11.5. The number of hydrogen-bond donors (Lipinski definition) is 1. The van der Waals surface area contributed by atoms with Crippen LogP contribution in [0.15, 0.2) is 47.4 Å². The van der Waals surface area contributed by atoms with Gasteiger partial charge in [-0.3, -0.25) is 0 Å². The van der Waals surface area contributed by atoms with Crippen molar-refractivity contribution in [2.24, 2.45) is 0 Å². The lowest BCUT2D eigenvalue weighted by molar-refractivity contribution is 0.318. The molecule has 0 unspecified atom stereocenters. The van der Waals surface area contributed by atoms with Crippen molar-refractivity contribution in [1.29, 1.82) is 0 Å². The average molecular weight is 408 g/mol. The van der Waals surface area contributed by atoms with Crippen molar-refractivity contribution in [3.05, 3.63) is 48.0 Å². The zero-order chi connectivity index (χ0) is 20.6. The molecule has 28 heavy (non-hydrogen) atoms. The van der Waals surface area contributed by atoms with E-state index in [9.17, 15) is 8.42 Å². The van der Waals surface area contributed by atoms with Crippen molar-refractivity contribution in [3.63, 3.8) is 0 Å². The van der Waals surface area contributed by atoms with Crippen LogP contribution >= 0.6 is 0 Å². The summed E-state index contributed by atoms with van der Waals surface area (Å²) < 4.78 is 44.6. The van der Waals surface area contributed by atoms with Gasteiger partial charge in [0.25, 0.3) is 0 Å². The highest BCUT2D eigenvalue weighted by Gasteiger charge is 2.20. The number of ether oxygens (including phenoxy) is 3. The second-order valence-corrected chi connectivity index (χ2v) is 8.18. The second-order valence-electron chi connectivity index (χ2n) is 6.44. The third-order valence-electron chi connectivity index (χ3n) is 4.02. The lowest BCUT2D eigenvalue weighted by atomic mass is 10.0. The van der Waals surface area contributed by atoms with E-state index in [2.05, 4.69) is 4.72 Å². The van der Waals surface area contributed by atoms with Crippen LogP contribution in [0.3, 0.4) is 0 Å². The van der Waals surface area contributed by atoms with Gasteiger partial charge in [-0.25, -0.2) is 13.1 Å². The lowest BCUT2D eigenvalue weighted by Crippen LogP contribution is -2.28. The summed E-state index contributed by atoms with van der Waals surface area (Å²) in [6, 6.07) is 12.5. The third-order valence-corrected chi connectivity index (χ3v) is 5.50. The van der Waals surface area contributed by atoms with E-state index in [1.165, 1.54) is 0 Å². The van der Waals surface area contributed by atoms with E-state index in [-0.39, 0.29) is 24.0 Å². The molecule has 0 amide bonds. The van der Waals surface area contributed by atoms with Crippen molar-refractivity contribution in [3.8, 4) is 17.2 Å². The van der Waals surface area contributed by atoms with Gasteiger partial charge >= 0.3 is 0 Å². The van der Waals surface area contributed by atoms with Crippen molar-refractivity contribution in [2.45, 2.75) is 38.5 Å². The Bertz CT molecular complexity index is 848. The largest absolute Gasteiger partial charge is 0.494 e. The first-order valence-corrected chi connectivity index (χ1v) is 11.0. The van der Waals surface area contributed by atoms with Gasteiger partial charge in [-0.05, 0) is 61.7 Å². The summed E-state index contributed by atoms with van der Waals surface area (Å²) in [6.45, 7) is 9.13. The molecule has 0 aliphatic rings. The topological polar surface area (TPSA) is 73.9 Å². The summed E-state index contributed by atoms with van der Waals surface area (Å²) in [5, 5.41) is 0. The Labute approximate surface area is 167 Å². The van der Waals surface area contributed by atoms with E-state index in [1.54, 1.807) is 24.3 Å². The van der Waals surface area contributed by atoms with Crippen molar-refractivity contribution in [2.75, 3.05) is 26.4 Å². The maximum Gasteiger partial charge on any atom is 0.244 e. The molecular weight excluding hydrogens is 378 g/mol. The molecule has 6 nitrogen and oxygen atoms in total. The Morgan fingerprint density at radius 1 is 0.893 bits per heavy atom. The van der Waals surface area contributed by atoms with Crippen LogP contribution < -0.4 is 18.9 Å². The highest BCUT2D eigenvalue weighted by atomic mass is 32.2. The molecule has 2 aromatic carbocycles. The van der Waals surface area contributed by atoms with Gasteiger partial charge in [-0.1, -0.05) is 19.9 Å².